The van der Waals surface area contributed by atoms with Gasteiger partial charge in [-0.05, 0) is 63.6 Å². The lowest BCUT2D eigenvalue weighted by Crippen LogP contribution is -2.38. The van der Waals surface area contributed by atoms with Gasteiger partial charge in [0, 0.05) is 22.2 Å². The van der Waals surface area contributed by atoms with E-state index in [-0.39, 0.29) is 12.5 Å². The van der Waals surface area contributed by atoms with E-state index in [1.165, 1.54) is 0 Å². The van der Waals surface area contributed by atoms with Crippen molar-refractivity contribution in [2.45, 2.75) is 33.3 Å². The first-order chi connectivity index (χ1) is 11.3. The van der Waals surface area contributed by atoms with Crippen molar-refractivity contribution >= 4 is 16.8 Å². The predicted octanol–water partition coefficient (Wildman–Crippen LogP) is 3.32. The summed E-state index contributed by atoms with van der Waals surface area (Å²) in [6.45, 7) is 7.54. The van der Waals surface area contributed by atoms with Crippen LogP contribution in [0, 0.1) is 20.8 Å². The molecule has 3 aromatic rings. The summed E-state index contributed by atoms with van der Waals surface area (Å²) in [6, 6.07) is 9.06. The van der Waals surface area contributed by atoms with E-state index in [4.69, 9.17) is 4.42 Å². The molecule has 2 aromatic heterocycles. The summed E-state index contributed by atoms with van der Waals surface area (Å²) in [4.78, 5) is 15.7. The molecule has 0 spiro atoms. The number of benzene rings is 1. The molecule has 1 aromatic carbocycles. The van der Waals surface area contributed by atoms with E-state index in [1.807, 2.05) is 32.9 Å². The van der Waals surface area contributed by atoms with Gasteiger partial charge in [-0.2, -0.15) is 0 Å². The lowest BCUT2D eigenvalue weighted by Gasteiger charge is -2.21. The summed E-state index contributed by atoms with van der Waals surface area (Å²) in [7, 11) is 0. The van der Waals surface area contributed by atoms with Crippen LogP contribution in [0.1, 0.15) is 40.1 Å². The molecule has 0 bridgehead atoms. The second-order valence-electron chi connectivity index (χ2n) is 6.50. The minimum Gasteiger partial charge on any atom is -0.463 e. The molecule has 1 amide bonds. The van der Waals surface area contributed by atoms with Crippen LogP contribution in [0.15, 0.2) is 34.7 Å². The molecule has 0 aliphatic heterocycles. The number of aromatic amines is 1. The number of aromatic nitrogens is 1. The summed E-state index contributed by atoms with van der Waals surface area (Å²) >= 11 is 0. The Bertz CT molecular complexity index is 903. The third-order valence-electron chi connectivity index (χ3n) is 4.43. The van der Waals surface area contributed by atoms with Gasteiger partial charge in [0.2, 0.25) is 0 Å². The fourth-order valence-corrected chi connectivity index (χ4v) is 2.77. The largest absolute Gasteiger partial charge is 0.463 e. The van der Waals surface area contributed by atoms with Gasteiger partial charge < -0.3 is 19.8 Å². The van der Waals surface area contributed by atoms with Crippen LogP contribution >= 0.6 is 0 Å². The zero-order valence-corrected chi connectivity index (χ0v) is 14.4. The van der Waals surface area contributed by atoms with Gasteiger partial charge in [0.15, 0.2) is 0 Å². The summed E-state index contributed by atoms with van der Waals surface area (Å²) in [6.07, 6.45) is 0. The highest BCUT2D eigenvalue weighted by atomic mass is 16.4. The Hall–Kier alpha value is -2.53. The Morgan fingerprint density at radius 1 is 1.25 bits per heavy atom. The number of carbonyl (C=O) groups is 1. The number of aryl methyl sites for hydroxylation is 3. The predicted molar refractivity (Wildman–Crippen MR) is 93.1 cm³/mol. The van der Waals surface area contributed by atoms with Crippen molar-refractivity contribution in [2.75, 3.05) is 6.54 Å². The fourth-order valence-electron chi connectivity index (χ4n) is 2.77. The van der Waals surface area contributed by atoms with Crippen molar-refractivity contribution in [1.82, 2.24) is 10.3 Å². The number of fused-ring (bicyclic) bond motifs is 1. The van der Waals surface area contributed by atoms with E-state index in [9.17, 15) is 9.90 Å². The molecule has 5 nitrogen and oxygen atoms in total. The van der Waals surface area contributed by atoms with Gasteiger partial charge in [0.1, 0.15) is 17.1 Å². The van der Waals surface area contributed by atoms with Crippen LogP contribution in [-0.4, -0.2) is 22.5 Å². The first kappa shape index (κ1) is 16.3. The number of furan rings is 1. The molecular formula is C19H22N2O3. The standard InChI is InChI=1S/C19H22N2O3/c1-11-5-8-17(24-11)19(4,23)10-20-18(22)14-6-7-16-15(9-14)12(2)13(3)21-16/h5-9,21,23H,10H2,1-4H3,(H,20,22). The maximum absolute atomic E-state index is 12.4. The Morgan fingerprint density at radius 3 is 2.67 bits per heavy atom. The quantitative estimate of drug-likeness (QED) is 0.688. The second kappa shape index (κ2) is 5.83. The van der Waals surface area contributed by atoms with E-state index >= 15 is 0 Å². The summed E-state index contributed by atoms with van der Waals surface area (Å²) in [5.74, 6) is 0.937. The number of aliphatic hydroxyl groups is 1. The molecular weight excluding hydrogens is 304 g/mol. The fraction of sp³-hybridized carbons (Fsp3) is 0.316. The molecule has 2 heterocycles. The third kappa shape index (κ3) is 2.95. The monoisotopic (exact) mass is 326 g/mol. The molecule has 0 aliphatic rings. The summed E-state index contributed by atoms with van der Waals surface area (Å²) < 4.78 is 5.46. The zero-order chi connectivity index (χ0) is 17.5. The minimum atomic E-state index is -1.26. The summed E-state index contributed by atoms with van der Waals surface area (Å²) in [5, 5.41) is 14.3. The minimum absolute atomic E-state index is 0.0714. The topological polar surface area (TPSA) is 78.3 Å². The number of nitrogens with one attached hydrogen (secondary N) is 2. The van der Waals surface area contributed by atoms with Crippen LogP contribution in [0.25, 0.3) is 10.9 Å². The van der Waals surface area contributed by atoms with Crippen molar-refractivity contribution in [3.8, 4) is 0 Å². The van der Waals surface area contributed by atoms with E-state index in [0.717, 1.165) is 27.9 Å². The van der Waals surface area contributed by atoms with Gasteiger partial charge in [0.25, 0.3) is 5.91 Å². The summed E-state index contributed by atoms with van der Waals surface area (Å²) in [5.41, 5.74) is 2.56. The van der Waals surface area contributed by atoms with Gasteiger partial charge in [-0.15, -0.1) is 0 Å². The lowest BCUT2D eigenvalue weighted by molar-refractivity contribution is 0.0323. The van der Waals surface area contributed by atoms with E-state index in [0.29, 0.717) is 11.3 Å². The Balaban J connectivity index is 1.76. The van der Waals surface area contributed by atoms with Gasteiger partial charge in [-0.3, -0.25) is 4.79 Å². The lowest BCUT2D eigenvalue weighted by atomic mass is 10.0. The average Bonchev–Trinajstić information content (AvgIpc) is 3.10. The molecule has 5 heteroatoms. The van der Waals surface area contributed by atoms with Crippen LogP contribution in [0.5, 0.6) is 0 Å². The SMILES string of the molecule is Cc1ccc(C(C)(O)CNC(=O)c2ccc3[nH]c(C)c(C)c3c2)o1. The molecule has 1 unspecified atom stereocenters. The van der Waals surface area contributed by atoms with Crippen molar-refractivity contribution in [3.63, 3.8) is 0 Å². The molecule has 0 radical (unpaired) electrons. The molecule has 0 saturated carbocycles. The third-order valence-corrected chi connectivity index (χ3v) is 4.43. The number of rotatable bonds is 4. The van der Waals surface area contributed by atoms with Gasteiger partial charge in [-0.1, -0.05) is 0 Å². The van der Waals surface area contributed by atoms with Crippen LogP contribution in [0.4, 0.5) is 0 Å². The molecule has 0 saturated heterocycles. The second-order valence-corrected chi connectivity index (χ2v) is 6.50. The van der Waals surface area contributed by atoms with E-state index in [1.54, 1.807) is 25.1 Å². The molecule has 3 rings (SSSR count). The molecule has 24 heavy (non-hydrogen) atoms. The number of carbonyl (C=O) groups excluding carboxylic acids is 1. The molecule has 1 atom stereocenters. The zero-order valence-electron chi connectivity index (χ0n) is 14.4. The number of H-pyrrole nitrogens is 1. The molecule has 3 N–H and O–H groups in total. The normalized spacial score (nSPS) is 13.9. The highest BCUT2D eigenvalue weighted by molar-refractivity contribution is 5.99. The van der Waals surface area contributed by atoms with E-state index < -0.39 is 5.60 Å². The van der Waals surface area contributed by atoms with Crippen LogP contribution in [0.3, 0.4) is 0 Å². The van der Waals surface area contributed by atoms with Crippen LogP contribution in [0.2, 0.25) is 0 Å². The van der Waals surface area contributed by atoms with Crippen molar-refractivity contribution in [3.05, 3.63) is 58.7 Å². The van der Waals surface area contributed by atoms with Gasteiger partial charge in [-0.25, -0.2) is 0 Å². The average molecular weight is 326 g/mol. The van der Waals surface area contributed by atoms with Gasteiger partial charge >= 0.3 is 0 Å². The first-order valence-corrected chi connectivity index (χ1v) is 7.94. The number of hydrogen-bond acceptors (Lipinski definition) is 3. The highest BCUT2D eigenvalue weighted by Crippen LogP contribution is 2.24. The number of amides is 1. The maximum atomic E-state index is 12.4. The maximum Gasteiger partial charge on any atom is 0.251 e. The number of hydrogen-bond donors (Lipinski definition) is 3. The Labute approximate surface area is 140 Å². The van der Waals surface area contributed by atoms with Crippen molar-refractivity contribution in [1.29, 1.82) is 0 Å². The Kier molecular flexibility index (Phi) is 3.97. The Morgan fingerprint density at radius 2 is 2.00 bits per heavy atom. The molecule has 0 fully saturated rings. The van der Waals surface area contributed by atoms with Crippen LogP contribution < -0.4 is 5.32 Å². The smallest absolute Gasteiger partial charge is 0.251 e. The first-order valence-electron chi connectivity index (χ1n) is 7.94. The highest BCUT2D eigenvalue weighted by Gasteiger charge is 2.27. The van der Waals surface area contributed by atoms with Gasteiger partial charge in [0.05, 0.1) is 6.54 Å². The van der Waals surface area contributed by atoms with E-state index in [2.05, 4.69) is 10.3 Å². The van der Waals surface area contributed by atoms with Crippen LogP contribution in [-0.2, 0) is 5.60 Å². The molecule has 126 valence electrons. The van der Waals surface area contributed by atoms with Crippen molar-refractivity contribution < 1.29 is 14.3 Å². The molecule has 0 aliphatic carbocycles. The van der Waals surface area contributed by atoms with Crippen molar-refractivity contribution in [2.24, 2.45) is 0 Å².